The van der Waals surface area contributed by atoms with Crippen molar-refractivity contribution in [2.24, 2.45) is 5.92 Å². The van der Waals surface area contributed by atoms with Crippen LogP contribution in [0.15, 0.2) is 24.3 Å². The molecule has 120 valence electrons. The number of benzene rings is 1. The van der Waals surface area contributed by atoms with E-state index < -0.39 is 0 Å². The van der Waals surface area contributed by atoms with Gasteiger partial charge in [0.1, 0.15) is 0 Å². The fourth-order valence-electron chi connectivity index (χ4n) is 2.33. The molecular formula is C18H30ClNO. The van der Waals surface area contributed by atoms with E-state index >= 15 is 0 Å². The molecule has 1 atom stereocenters. The number of hydrogen-bond donors (Lipinski definition) is 1. The molecule has 0 saturated heterocycles. The summed E-state index contributed by atoms with van der Waals surface area (Å²) in [7, 11) is 0. The first-order valence-corrected chi connectivity index (χ1v) is 8.67. The Kier molecular flexibility index (Phi) is 10.6. The molecule has 0 aliphatic carbocycles. The van der Waals surface area contributed by atoms with E-state index in [1.807, 2.05) is 12.1 Å². The maximum Gasteiger partial charge on any atom is 0.0469 e. The largest absolute Gasteiger partial charge is 0.381 e. The van der Waals surface area contributed by atoms with Gasteiger partial charge in [-0.3, -0.25) is 0 Å². The van der Waals surface area contributed by atoms with Crippen molar-refractivity contribution >= 4 is 11.6 Å². The molecule has 21 heavy (non-hydrogen) atoms. The van der Waals surface area contributed by atoms with Crippen LogP contribution >= 0.6 is 11.6 Å². The van der Waals surface area contributed by atoms with Crippen LogP contribution in [0.4, 0.5) is 0 Å². The highest BCUT2D eigenvalue weighted by Crippen LogP contribution is 2.20. The van der Waals surface area contributed by atoms with E-state index in [-0.39, 0.29) is 0 Å². The van der Waals surface area contributed by atoms with Gasteiger partial charge in [-0.15, -0.1) is 0 Å². The van der Waals surface area contributed by atoms with E-state index in [1.54, 1.807) is 0 Å². The molecule has 0 radical (unpaired) electrons. The zero-order chi connectivity index (χ0) is 15.3. The Hall–Kier alpha value is -0.570. The first-order chi connectivity index (χ1) is 10.3. The van der Waals surface area contributed by atoms with Crippen LogP contribution in [-0.2, 0) is 11.2 Å². The van der Waals surface area contributed by atoms with E-state index in [9.17, 15) is 0 Å². The molecule has 0 bridgehead atoms. The molecule has 0 aliphatic rings. The van der Waals surface area contributed by atoms with Gasteiger partial charge in [0.05, 0.1) is 0 Å². The van der Waals surface area contributed by atoms with Crippen LogP contribution in [0.25, 0.3) is 0 Å². The van der Waals surface area contributed by atoms with E-state index in [0.29, 0.717) is 5.92 Å². The van der Waals surface area contributed by atoms with Crippen LogP contribution in [-0.4, -0.2) is 26.3 Å². The van der Waals surface area contributed by atoms with Crippen molar-refractivity contribution in [1.82, 2.24) is 5.32 Å². The van der Waals surface area contributed by atoms with Gasteiger partial charge < -0.3 is 10.1 Å². The van der Waals surface area contributed by atoms with Gasteiger partial charge in [-0.25, -0.2) is 0 Å². The molecule has 1 unspecified atom stereocenters. The van der Waals surface area contributed by atoms with E-state index in [2.05, 4.69) is 31.3 Å². The Labute approximate surface area is 135 Å². The Morgan fingerprint density at radius 3 is 2.67 bits per heavy atom. The molecular weight excluding hydrogens is 282 g/mol. The van der Waals surface area contributed by atoms with Crippen LogP contribution in [0.3, 0.4) is 0 Å². The molecule has 0 spiro atoms. The van der Waals surface area contributed by atoms with Crippen LogP contribution in [0.2, 0.25) is 5.02 Å². The first-order valence-electron chi connectivity index (χ1n) is 8.29. The molecule has 1 rings (SSSR count). The zero-order valence-corrected chi connectivity index (χ0v) is 14.3. The minimum Gasteiger partial charge on any atom is -0.381 e. The van der Waals surface area contributed by atoms with Crippen molar-refractivity contribution in [2.75, 3.05) is 26.3 Å². The number of hydrogen-bond acceptors (Lipinski definition) is 2. The van der Waals surface area contributed by atoms with Gasteiger partial charge in [-0.1, -0.05) is 50.1 Å². The van der Waals surface area contributed by atoms with Crippen molar-refractivity contribution in [1.29, 1.82) is 0 Å². The van der Waals surface area contributed by atoms with Crippen molar-refractivity contribution in [3.63, 3.8) is 0 Å². The van der Waals surface area contributed by atoms with E-state index in [1.165, 1.54) is 18.4 Å². The molecule has 2 nitrogen and oxygen atoms in total. The highest BCUT2D eigenvalue weighted by Gasteiger charge is 2.11. The van der Waals surface area contributed by atoms with Gasteiger partial charge >= 0.3 is 0 Å². The second kappa shape index (κ2) is 12.0. The van der Waals surface area contributed by atoms with Gasteiger partial charge in [-0.05, 0) is 56.3 Å². The van der Waals surface area contributed by atoms with Gasteiger partial charge in [0.25, 0.3) is 0 Å². The number of nitrogens with one attached hydrogen (secondary N) is 1. The second-order valence-corrected chi connectivity index (χ2v) is 6.03. The quantitative estimate of drug-likeness (QED) is 0.565. The number of ether oxygens (including phenoxy) is 1. The molecule has 0 amide bonds. The Morgan fingerprint density at radius 1 is 1.14 bits per heavy atom. The molecule has 0 heterocycles. The molecule has 3 heteroatoms. The van der Waals surface area contributed by atoms with Crippen molar-refractivity contribution in [2.45, 2.75) is 46.0 Å². The molecule has 1 aromatic carbocycles. The summed E-state index contributed by atoms with van der Waals surface area (Å²) >= 11 is 6.28. The van der Waals surface area contributed by atoms with Gasteiger partial charge in [-0.2, -0.15) is 0 Å². The molecule has 0 aromatic heterocycles. The zero-order valence-electron chi connectivity index (χ0n) is 13.5. The maximum absolute atomic E-state index is 6.28. The maximum atomic E-state index is 6.28. The predicted octanol–water partition coefficient (Wildman–Crippen LogP) is 4.71. The summed E-state index contributed by atoms with van der Waals surface area (Å²) in [6, 6.07) is 8.16. The van der Waals surface area contributed by atoms with Crippen LogP contribution in [0.5, 0.6) is 0 Å². The topological polar surface area (TPSA) is 21.3 Å². The fraction of sp³-hybridized carbons (Fsp3) is 0.667. The smallest absolute Gasteiger partial charge is 0.0469 e. The summed E-state index contributed by atoms with van der Waals surface area (Å²) in [5, 5.41) is 4.41. The van der Waals surface area contributed by atoms with Gasteiger partial charge in [0, 0.05) is 18.2 Å². The lowest BCUT2D eigenvalue weighted by Crippen LogP contribution is -2.26. The minimum absolute atomic E-state index is 0.582. The molecule has 0 fully saturated rings. The highest BCUT2D eigenvalue weighted by molar-refractivity contribution is 6.31. The average Bonchev–Trinajstić information content (AvgIpc) is 2.49. The summed E-state index contributed by atoms with van der Waals surface area (Å²) in [4.78, 5) is 0. The summed E-state index contributed by atoms with van der Waals surface area (Å²) in [6.45, 7) is 8.24. The fourth-order valence-corrected chi connectivity index (χ4v) is 2.55. The summed E-state index contributed by atoms with van der Waals surface area (Å²) in [5.41, 5.74) is 1.25. The second-order valence-electron chi connectivity index (χ2n) is 5.62. The lowest BCUT2D eigenvalue weighted by atomic mass is 9.96. The predicted molar refractivity (Wildman–Crippen MR) is 92.2 cm³/mol. The monoisotopic (exact) mass is 311 g/mol. The van der Waals surface area contributed by atoms with Crippen LogP contribution in [0, 0.1) is 5.92 Å². The van der Waals surface area contributed by atoms with E-state index in [4.69, 9.17) is 16.3 Å². The molecule has 1 aromatic rings. The molecule has 0 aliphatic heterocycles. The van der Waals surface area contributed by atoms with Crippen LogP contribution < -0.4 is 5.32 Å². The third kappa shape index (κ3) is 8.45. The lowest BCUT2D eigenvalue weighted by Gasteiger charge is -2.18. The average molecular weight is 312 g/mol. The standard InChI is InChI=1S/C18H30ClNO/c1-3-5-12-21-13-10-16(15-20-11-4-2)14-17-8-6-7-9-18(17)19/h6-9,16,20H,3-5,10-15H2,1-2H3. The first kappa shape index (κ1) is 18.5. The number of unbranched alkanes of at least 4 members (excludes halogenated alkanes) is 1. The van der Waals surface area contributed by atoms with E-state index in [0.717, 1.165) is 50.6 Å². The lowest BCUT2D eigenvalue weighted by molar-refractivity contribution is 0.117. The van der Waals surface area contributed by atoms with Crippen molar-refractivity contribution in [3.8, 4) is 0 Å². The molecule has 0 saturated carbocycles. The summed E-state index contributed by atoms with van der Waals surface area (Å²) < 4.78 is 5.72. The Morgan fingerprint density at radius 2 is 1.95 bits per heavy atom. The third-order valence-corrected chi connectivity index (χ3v) is 4.01. The highest BCUT2D eigenvalue weighted by atomic mass is 35.5. The van der Waals surface area contributed by atoms with Gasteiger partial charge in [0.15, 0.2) is 0 Å². The third-order valence-electron chi connectivity index (χ3n) is 3.64. The SMILES string of the molecule is CCCCOCCC(CNCCC)Cc1ccccc1Cl. The van der Waals surface area contributed by atoms with Crippen molar-refractivity contribution in [3.05, 3.63) is 34.9 Å². The van der Waals surface area contributed by atoms with Crippen molar-refractivity contribution < 1.29 is 4.74 Å². The van der Waals surface area contributed by atoms with Crippen LogP contribution in [0.1, 0.15) is 45.1 Å². The number of halogens is 1. The summed E-state index contributed by atoms with van der Waals surface area (Å²) in [6.07, 6.45) is 5.63. The normalized spacial score (nSPS) is 12.5. The summed E-state index contributed by atoms with van der Waals surface area (Å²) in [5.74, 6) is 0.582. The molecule has 1 N–H and O–H groups in total. The Balaban J connectivity index is 2.41. The number of rotatable bonds is 12. The Bertz CT molecular complexity index is 370. The minimum atomic E-state index is 0.582. The van der Waals surface area contributed by atoms with Gasteiger partial charge in [0.2, 0.25) is 0 Å².